The van der Waals surface area contributed by atoms with Crippen molar-refractivity contribution in [2.24, 2.45) is 0 Å². The number of halogens is 1. The Morgan fingerprint density at radius 3 is 3.00 bits per heavy atom. The number of nitrogens with one attached hydrogen (secondary N) is 1. The van der Waals surface area contributed by atoms with Crippen LogP contribution in [0.15, 0.2) is 29.1 Å². The second kappa shape index (κ2) is 3.75. The van der Waals surface area contributed by atoms with Crippen molar-refractivity contribution in [1.29, 1.82) is 0 Å². The van der Waals surface area contributed by atoms with E-state index in [-0.39, 0.29) is 0 Å². The number of aromatic nitrogens is 4. The summed E-state index contributed by atoms with van der Waals surface area (Å²) in [7, 11) is 1.77. The topological polar surface area (TPSA) is 55.6 Å². The Bertz CT molecular complexity index is 425. The molecule has 0 aromatic carbocycles. The fourth-order valence-corrected chi connectivity index (χ4v) is 1.41. The summed E-state index contributed by atoms with van der Waals surface area (Å²) in [5.41, 5.74) is 0. The molecule has 0 saturated heterocycles. The van der Waals surface area contributed by atoms with E-state index < -0.39 is 0 Å². The third-order valence-electron chi connectivity index (χ3n) is 1.67. The fourth-order valence-electron chi connectivity index (χ4n) is 1.03. The second-order valence-electron chi connectivity index (χ2n) is 2.57. The summed E-state index contributed by atoms with van der Waals surface area (Å²) in [5, 5.41) is 6.96. The molecule has 0 fully saturated rings. The highest BCUT2D eigenvalue weighted by molar-refractivity contribution is 9.10. The number of anilines is 1. The van der Waals surface area contributed by atoms with Gasteiger partial charge in [0.15, 0.2) is 5.82 Å². The highest BCUT2D eigenvalue weighted by Crippen LogP contribution is 2.17. The van der Waals surface area contributed by atoms with E-state index in [9.17, 15) is 0 Å². The third kappa shape index (κ3) is 1.60. The van der Waals surface area contributed by atoms with Gasteiger partial charge < -0.3 is 5.32 Å². The summed E-state index contributed by atoms with van der Waals surface area (Å²) < 4.78 is 2.48. The molecular weight excluding hydrogens is 246 g/mol. The molecule has 2 rings (SSSR count). The van der Waals surface area contributed by atoms with E-state index in [0.29, 0.717) is 11.8 Å². The van der Waals surface area contributed by atoms with Gasteiger partial charge in [-0.3, -0.25) is 0 Å². The van der Waals surface area contributed by atoms with Gasteiger partial charge in [-0.15, -0.1) is 0 Å². The van der Waals surface area contributed by atoms with Crippen LogP contribution in [0.3, 0.4) is 0 Å². The summed E-state index contributed by atoms with van der Waals surface area (Å²) in [5.74, 6) is 1.29. The van der Waals surface area contributed by atoms with Gasteiger partial charge in [-0.1, -0.05) is 0 Å². The van der Waals surface area contributed by atoms with Crippen molar-refractivity contribution in [3.8, 4) is 5.82 Å². The van der Waals surface area contributed by atoms with Gasteiger partial charge in [-0.2, -0.15) is 10.1 Å². The predicted octanol–water partition coefficient (Wildman–Crippen LogP) is 1.47. The number of rotatable bonds is 2. The number of hydrogen-bond donors (Lipinski definition) is 1. The van der Waals surface area contributed by atoms with Crippen LogP contribution in [0.5, 0.6) is 0 Å². The Morgan fingerprint density at radius 2 is 2.36 bits per heavy atom. The van der Waals surface area contributed by atoms with Crippen LogP contribution >= 0.6 is 15.9 Å². The molecule has 72 valence electrons. The molecule has 0 aliphatic carbocycles. The molecule has 0 aliphatic rings. The van der Waals surface area contributed by atoms with Crippen molar-refractivity contribution in [2.75, 3.05) is 12.4 Å². The quantitative estimate of drug-likeness (QED) is 0.881. The highest BCUT2D eigenvalue weighted by atomic mass is 79.9. The molecule has 0 saturated carbocycles. The number of hydrogen-bond acceptors (Lipinski definition) is 4. The van der Waals surface area contributed by atoms with Gasteiger partial charge in [0.1, 0.15) is 0 Å². The zero-order valence-electron chi connectivity index (χ0n) is 7.48. The summed E-state index contributed by atoms with van der Waals surface area (Å²) in [6, 6.07) is 1.84. The average molecular weight is 254 g/mol. The molecular formula is C8H8BrN5. The molecule has 2 heterocycles. The molecule has 1 N–H and O–H groups in total. The van der Waals surface area contributed by atoms with E-state index in [1.54, 1.807) is 24.1 Å². The van der Waals surface area contributed by atoms with E-state index in [4.69, 9.17) is 0 Å². The van der Waals surface area contributed by atoms with E-state index in [2.05, 4.69) is 36.3 Å². The normalized spacial score (nSPS) is 10.1. The van der Waals surface area contributed by atoms with Gasteiger partial charge in [0.2, 0.25) is 5.95 Å². The predicted molar refractivity (Wildman–Crippen MR) is 56.4 cm³/mol. The van der Waals surface area contributed by atoms with Crippen LogP contribution in [-0.4, -0.2) is 26.8 Å². The molecule has 5 nitrogen and oxygen atoms in total. The summed E-state index contributed by atoms with van der Waals surface area (Å²) in [6.45, 7) is 0. The van der Waals surface area contributed by atoms with Crippen LogP contribution in [0.1, 0.15) is 0 Å². The minimum Gasteiger partial charge on any atom is -0.357 e. The highest BCUT2D eigenvalue weighted by Gasteiger charge is 2.05. The second-order valence-corrected chi connectivity index (χ2v) is 3.42. The van der Waals surface area contributed by atoms with E-state index in [0.717, 1.165) is 4.47 Å². The van der Waals surface area contributed by atoms with Gasteiger partial charge >= 0.3 is 0 Å². The maximum Gasteiger partial charge on any atom is 0.224 e. The monoisotopic (exact) mass is 253 g/mol. The largest absolute Gasteiger partial charge is 0.357 e. The zero-order chi connectivity index (χ0) is 9.97. The summed E-state index contributed by atoms with van der Waals surface area (Å²) >= 11 is 3.37. The fraction of sp³-hybridized carbons (Fsp3) is 0.125. The van der Waals surface area contributed by atoms with Gasteiger partial charge in [0, 0.05) is 25.6 Å². The van der Waals surface area contributed by atoms with Crippen LogP contribution in [0, 0.1) is 0 Å². The SMILES string of the molecule is CNc1ncc(Br)c(-n2cccn2)n1. The van der Waals surface area contributed by atoms with Crippen molar-refractivity contribution in [1.82, 2.24) is 19.7 Å². The first-order valence-corrected chi connectivity index (χ1v) is 4.81. The van der Waals surface area contributed by atoms with Crippen LogP contribution in [0.25, 0.3) is 5.82 Å². The molecule has 0 amide bonds. The maximum absolute atomic E-state index is 4.26. The van der Waals surface area contributed by atoms with E-state index >= 15 is 0 Å². The zero-order valence-corrected chi connectivity index (χ0v) is 9.06. The standard InChI is InChI=1S/C8H8BrN5/c1-10-8-11-5-6(9)7(13-8)14-4-2-3-12-14/h2-5H,1H3,(H,10,11,13). The lowest BCUT2D eigenvalue weighted by Crippen LogP contribution is -2.04. The van der Waals surface area contributed by atoms with Crippen molar-refractivity contribution in [3.63, 3.8) is 0 Å². The van der Waals surface area contributed by atoms with Gasteiger partial charge in [0.05, 0.1) is 4.47 Å². The van der Waals surface area contributed by atoms with Gasteiger partial charge in [-0.05, 0) is 22.0 Å². The molecule has 14 heavy (non-hydrogen) atoms. The van der Waals surface area contributed by atoms with Crippen LogP contribution in [0.2, 0.25) is 0 Å². The average Bonchev–Trinajstić information content (AvgIpc) is 2.71. The van der Waals surface area contributed by atoms with Crippen molar-refractivity contribution >= 4 is 21.9 Å². The summed E-state index contributed by atoms with van der Waals surface area (Å²) in [6.07, 6.45) is 5.22. The first-order valence-electron chi connectivity index (χ1n) is 4.01. The van der Waals surface area contributed by atoms with Crippen molar-refractivity contribution in [2.45, 2.75) is 0 Å². The van der Waals surface area contributed by atoms with Crippen molar-refractivity contribution in [3.05, 3.63) is 29.1 Å². The molecule has 6 heteroatoms. The minimum atomic E-state index is 0.568. The Labute approximate surface area is 89.3 Å². The molecule has 0 unspecified atom stereocenters. The lowest BCUT2D eigenvalue weighted by Gasteiger charge is -2.04. The number of nitrogens with zero attached hydrogens (tertiary/aromatic N) is 4. The van der Waals surface area contributed by atoms with Gasteiger partial charge in [-0.25, -0.2) is 9.67 Å². The lowest BCUT2D eigenvalue weighted by atomic mass is 10.6. The van der Waals surface area contributed by atoms with Crippen LogP contribution < -0.4 is 5.32 Å². The first kappa shape index (κ1) is 9.14. The van der Waals surface area contributed by atoms with Crippen LogP contribution in [-0.2, 0) is 0 Å². The maximum atomic E-state index is 4.26. The molecule has 0 radical (unpaired) electrons. The van der Waals surface area contributed by atoms with Crippen molar-refractivity contribution < 1.29 is 0 Å². The molecule has 2 aromatic rings. The molecule has 0 atom stereocenters. The molecule has 0 spiro atoms. The van der Waals surface area contributed by atoms with E-state index in [1.165, 1.54) is 0 Å². The van der Waals surface area contributed by atoms with Crippen LogP contribution in [0.4, 0.5) is 5.95 Å². The van der Waals surface area contributed by atoms with E-state index in [1.807, 2.05) is 12.3 Å². The Hall–Kier alpha value is -1.43. The Balaban J connectivity index is 2.51. The smallest absolute Gasteiger partial charge is 0.224 e. The first-order chi connectivity index (χ1) is 6.81. The Morgan fingerprint density at radius 1 is 1.50 bits per heavy atom. The molecule has 2 aromatic heterocycles. The van der Waals surface area contributed by atoms with Gasteiger partial charge in [0.25, 0.3) is 0 Å². The Kier molecular flexibility index (Phi) is 2.45. The lowest BCUT2D eigenvalue weighted by molar-refractivity contribution is 0.835. The summed E-state index contributed by atoms with van der Waals surface area (Å²) in [4.78, 5) is 8.32. The molecule has 0 bridgehead atoms. The molecule has 0 aliphatic heterocycles. The minimum absolute atomic E-state index is 0.568. The third-order valence-corrected chi connectivity index (χ3v) is 2.23.